The molecule has 1 aliphatic heterocycles. The Bertz CT molecular complexity index is 618. The second kappa shape index (κ2) is 4.94. The number of fused-ring (bicyclic) bond motifs is 1. The van der Waals surface area contributed by atoms with Gasteiger partial charge in [0.15, 0.2) is 11.2 Å². The monoisotopic (exact) mass is 282 g/mol. The molecule has 4 N–H and O–H groups in total. The highest BCUT2D eigenvalue weighted by molar-refractivity contribution is 5.75. The summed E-state index contributed by atoms with van der Waals surface area (Å²) in [5.41, 5.74) is 0.840. The van der Waals surface area contributed by atoms with Gasteiger partial charge in [0, 0.05) is 0 Å². The topological polar surface area (TPSA) is 134 Å². The molecule has 4 atom stereocenters. The molecule has 2 aromatic rings. The molecule has 1 unspecified atom stereocenters. The van der Waals surface area contributed by atoms with Crippen molar-refractivity contribution in [2.24, 2.45) is 0 Å². The first kappa shape index (κ1) is 13.2. The van der Waals surface area contributed by atoms with Gasteiger partial charge >= 0.3 is 0 Å². The Morgan fingerprint density at radius 1 is 1.35 bits per heavy atom. The summed E-state index contributed by atoms with van der Waals surface area (Å²) in [5, 5.41) is 28.8. The van der Waals surface area contributed by atoms with Crippen molar-refractivity contribution in [1.29, 1.82) is 0 Å². The number of H-pyrrole nitrogens is 1. The van der Waals surface area contributed by atoms with Crippen molar-refractivity contribution in [1.82, 2.24) is 19.9 Å². The van der Waals surface area contributed by atoms with Gasteiger partial charge in [-0.25, -0.2) is 9.97 Å². The highest BCUT2D eigenvalue weighted by Gasteiger charge is 2.44. The number of aliphatic hydroxyl groups is 3. The standard InChI is InChI=1S/C11H14N4O5/c1-19-11-5-9(12-3-13-11)15-10(14-5)8-7(18)6(17)4(2-16)20-8/h3-4,6-8,16-18H,2H2,1H3,(H,12,13,14,15)/t4-,6-,7+,8?/m1/s1. The Kier molecular flexibility index (Phi) is 3.26. The van der Waals surface area contributed by atoms with E-state index in [2.05, 4.69) is 19.9 Å². The van der Waals surface area contributed by atoms with Crippen LogP contribution in [0.25, 0.3) is 11.2 Å². The maximum absolute atomic E-state index is 9.95. The van der Waals surface area contributed by atoms with Gasteiger partial charge in [-0.05, 0) is 0 Å². The smallest absolute Gasteiger partial charge is 0.245 e. The fourth-order valence-electron chi connectivity index (χ4n) is 2.23. The molecule has 0 aliphatic carbocycles. The van der Waals surface area contributed by atoms with Crippen LogP contribution in [-0.4, -0.2) is 67.3 Å². The normalized spacial score (nSPS) is 30.0. The molecule has 3 rings (SSSR count). The van der Waals surface area contributed by atoms with Crippen LogP contribution >= 0.6 is 0 Å². The molecule has 0 amide bonds. The first-order valence-corrected chi connectivity index (χ1v) is 6.02. The predicted molar refractivity (Wildman–Crippen MR) is 64.9 cm³/mol. The maximum Gasteiger partial charge on any atom is 0.245 e. The molecular formula is C11H14N4O5. The molecule has 9 nitrogen and oxygen atoms in total. The van der Waals surface area contributed by atoms with E-state index in [4.69, 9.17) is 14.6 Å². The van der Waals surface area contributed by atoms with E-state index in [9.17, 15) is 10.2 Å². The molecule has 108 valence electrons. The van der Waals surface area contributed by atoms with Gasteiger partial charge in [0.25, 0.3) is 0 Å². The second-order valence-corrected chi connectivity index (χ2v) is 4.46. The molecule has 3 heterocycles. The van der Waals surface area contributed by atoms with Crippen molar-refractivity contribution in [2.75, 3.05) is 13.7 Å². The van der Waals surface area contributed by atoms with E-state index in [1.165, 1.54) is 13.4 Å². The van der Waals surface area contributed by atoms with Crippen LogP contribution in [0.4, 0.5) is 0 Å². The molecule has 1 saturated heterocycles. The minimum Gasteiger partial charge on any atom is -0.479 e. The number of hydrogen-bond donors (Lipinski definition) is 4. The van der Waals surface area contributed by atoms with Gasteiger partial charge in [-0.3, -0.25) is 0 Å². The van der Waals surface area contributed by atoms with Crippen molar-refractivity contribution in [3.8, 4) is 5.88 Å². The summed E-state index contributed by atoms with van der Waals surface area (Å²) in [4.78, 5) is 15.1. The lowest BCUT2D eigenvalue weighted by molar-refractivity contribution is -0.0249. The van der Waals surface area contributed by atoms with Crippen LogP contribution in [0.15, 0.2) is 6.33 Å². The highest BCUT2D eigenvalue weighted by Crippen LogP contribution is 2.33. The lowest BCUT2D eigenvalue weighted by Gasteiger charge is -2.11. The van der Waals surface area contributed by atoms with Crippen LogP contribution < -0.4 is 4.74 Å². The molecule has 0 spiro atoms. The highest BCUT2D eigenvalue weighted by atomic mass is 16.6. The molecule has 1 aliphatic rings. The van der Waals surface area contributed by atoms with Crippen LogP contribution in [0.2, 0.25) is 0 Å². The minimum atomic E-state index is -1.19. The summed E-state index contributed by atoms with van der Waals surface area (Å²) in [6.07, 6.45) is -2.77. The first-order valence-electron chi connectivity index (χ1n) is 6.02. The number of ether oxygens (including phenoxy) is 2. The van der Waals surface area contributed by atoms with Gasteiger partial charge < -0.3 is 29.8 Å². The van der Waals surface area contributed by atoms with Crippen LogP contribution in [0.5, 0.6) is 5.88 Å². The van der Waals surface area contributed by atoms with Gasteiger partial charge in [0.2, 0.25) is 5.88 Å². The van der Waals surface area contributed by atoms with Gasteiger partial charge in [0.05, 0.1) is 13.7 Å². The largest absolute Gasteiger partial charge is 0.479 e. The fourth-order valence-corrected chi connectivity index (χ4v) is 2.23. The molecule has 20 heavy (non-hydrogen) atoms. The Balaban J connectivity index is 1.99. The molecule has 0 bridgehead atoms. The summed E-state index contributed by atoms with van der Waals surface area (Å²) in [6, 6.07) is 0. The van der Waals surface area contributed by atoms with E-state index in [0.717, 1.165) is 0 Å². The zero-order chi connectivity index (χ0) is 14.3. The Hall–Kier alpha value is -1.81. The minimum absolute atomic E-state index is 0.293. The summed E-state index contributed by atoms with van der Waals surface area (Å²) >= 11 is 0. The summed E-state index contributed by atoms with van der Waals surface area (Å²) in [5.74, 6) is 0.588. The van der Waals surface area contributed by atoms with E-state index in [1.807, 2.05) is 0 Å². The summed E-state index contributed by atoms with van der Waals surface area (Å²) < 4.78 is 10.5. The quantitative estimate of drug-likeness (QED) is 0.535. The van der Waals surface area contributed by atoms with Gasteiger partial charge in [-0.2, -0.15) is 4.98 Å². The molecular weight excluding hydrogens is 268 g/mol. The Morgan fingerprint density at radius 2 is 2.15 bits per heavy atom. The van der Waals surface area contributed by atoms with Gasteiger partial charge in [-0.1, -0.05) is 0 Å². The number of imidazole rings is 1. The van der Waals surface area contributed by atoms with E-state index < -0.39 is 31.0 Å². The third kappa shape index (κ3) is 1.91. The molecule has 9 heteroatoms. The van der Waals surface area contributed by atoms with Gasteiger partial charge in [-0.15, -0.1) is 0 Å². The van der Waals surface area contributed by atoms with E-state index in [-0.39, 0.29) is 0 Å². The first-order chi connectivity index (χ1) is 9.65. The number of nitrogens with one attached hydrogen (secondary N) is 1. The lowest BCUT2D eigenvalue weighted by atomic mass is 10.1. The molecule has 0 radical (unpaired) electrons. The molecule has 0 aromatic carbocycles. The zero-order valence-corrected chi connectivity index (χ0v) is 10.6. The van der Waals surface area contributed by atoms with Crippen LogP contribution in [-0.2, 0) is 4.74 Å². The number of rotatable bonds is 3. The van der Waals surface area contributed by atoms with Gasteiger partial charge in [0.1, 0.15) is 36.6 Å². The number of hydrogen-bond acceptors (Lipinski definition) is 8. The van der Waals surface area contributed by atoms with Crippen LogP contribution in [0.1, 0.15) is 11.9 Å². The van der Waals surface area contributed by atoms with E-state index in [1.54, 1.807) is 0 Å². The van der Waals surface area contributed by atoms with Crippen molar-refractivity contribution in [2.45, 2.75) is 24.4 Å². The fraction of sp³-hybridized carbons (Fsp3) is 0.545. The molecule has 0 saturated carbocycles. The number of methoxy groups -OCH3 is 1. The van der Waals surface area contributed by atoms with Crippen molar-refractivity contribution in [3.05, 3.63) is 12.2 Å². The van der Waals surface area contributed by atoms with E-state index >= 15 is 0 Å². The van der Waals surface area contributed by atoms with Crippen molar-refractivity contribution in [3.63, 3.8) is 0 Å². The van der Waals surface area contributed by atoms with Crippen molar-refractivity contribution >= 4 is 11.2 Å². The SMILES string of the molecule is COc1ncnc2[nH]c(C3O[C@H](CO)[C@@H](O)[C@@H]3O)nc12. The average Bonchev–Trinajstić information content (AvgIpc) is 3.01. The average molecular weight is 282 g/mol. The number of aliphatic hydroxyl groups excluding tert-OH is 3. The lowest BCUT2D eigenvalue weighted by Crippen LogP contribution is -2.32. The molecule has 1 fully saturated rings. The third-order valence-electron chi connectivity index (χ3n) is 3.27. The summed E-state index contributed by atoms with van der Waals surface area (Å²) in [6.45, 7) is -0.391. The Morgan fingerprint density at radius 3 is 2.80 bits per heavy atom. The van der Waals surface area contributed by atoms with Crippen LogP contribution in [0, 0.1) is 0 Å². The number of aromatic amines is 1. The number of aromatic nitrogens is 4. The maximum atomic E-state index is 9.95. The second-order valence-electron chi connectivity index (χ2n) is 4.46. The summed E-state index contributed by atoms with van der Waals surface area (Å²) in [7, 11) is 1.46. The predicted octanol–water partition coefficient (Wildman–Crippen LogP) is -1.48. The third-order valence-corrected chi connectivity index (χ3v) is 3.27. The van der Waals surface area contributed by atoms with E-state index in [0.29, 0.717) is 22.9 Å². The Labute approximate surface area is 113 Å². The van der Waals surface area contributed by atoms with Crippen LogP contribution in [0.3, 0.4) is 0 Å². The van der Waals surface area contributed by atoms with Crippen molar-refractivity contribution < 1.29 is 24.8 Å². The zero-order valence-electron chi connectivity index (χ0n) is 10.6. The number of nitrogens with zero attached hydrogens (tertiary/aromatic N) is 3. The molecule has 2 aromatic heterocycles.